The second-order valence-corrected chi connectivity index (χ2v) is 8.78. The molecule has 1 aliphatic heterocycles. The van der Waals surface area contributed by atoms with Gasteiger partial charge in [0.2, 0.25) is 10.0 Å². The first-order chi connectivity index (χ1) is 13.5. The third kappa shape index (κ3) is 4.36. The molecule has 2 aromatic carbocycles. The maximum Gasteiger partial charge on any atom is 0.251 e. The van der Waals surface area contributed by atoms with E-state index in [0.29, 0.717) is 25.1 Å². The van der Waals surface area contributed by atoms with E-state index in [1.54, 1.807) is 25.3 Å². The average Bonchev–Trinajstić information content (AvgIpc) is 3.28. The van der Waals surface area contributed by atoms with E-state index < -0.39 is 10.0 Å². The van der Waals surface area contributed by atoms with Gasteiger partial charge in [-0.2, -0.15) is 4.31 Å². The van der Waals surface area contributed by atoms with E-state index in [4.69, 9.17) is 4.74 Å². The lowest BCUT2D eigenvalue weighted by atomic mass is 10.0. The molecule has 1 fully saturated rings. The summed E-state index contributed by atoms with van der Waals surface area (Å²) < 4.78 is 32.2. The van der Waals surface area contributed by atoms with Crippen LogP contribution in [0.15, 0.2) is 53.4 Å². The number of benzene rings is 2. The van der Waals surface area contributed by atoms with Crippen molar-refractivity contribution in [2.24, 2.45) is 0 Å². The summed E-state index contributed by atoms with van der Waals surface area (Å²) >= 11 is 0. The van der Waals surface area contributed by atoms with Crippen LogP contribution in [-0.2, 0) is 10.0 Å². The Kier molecular flexibility index (Phi) is 6.36. The molecule has 28 heavy (non-hydrogen) atoms. The molecule has 1 saturated heterocycles. The van der Waals surface area contributed by atoms with Crippen molar-refractivity contribution in [2.45, 2.75) is 37.1 Å². The van der Waals surface area contributed by atoms with Crippen molar-refractivity contribution in [1.29, 1.82) is 0 Å². The zero-order valence-electron chi connectivity index (χ0n) is 16.2. The van der Waals surface area contributed by atoms with Crippen molar-refractivity contribution < 1.29 is 17.9 Å². The summed E-state index contributed by atoms with van der Waals surface area (Å²) in [7, 11) is -1.94. The van der Waals surface area contributed by atoms with Crippen LogP contribution < -0.4 is 10.1 Å². The largest absolute Gasteiger partial charge is 0.497 e. The number of hydrogen-bond acceptors (Lipinski definition) is 4. The first kappa shape index (κ1) is 20.4. The zero-order valence-corrected chi connectivity index (χ0v) is 17.0. The summed E-state index contributed by atoms with van der Waals surface area (Å²) in [5.41, 5.74) is 1.31. The highest BCUT2D eigenvalue weighted by atomic mass is 32.2. The molecule has 0 bridgehead atoms. The van der Waals surface area contributed by atoms with Crippen molar-refractivity contribution in [1.82, 2.24) is 9.62 Å². The number of nitrogens with zero attached hydrogens (tertiary/aromatic N) is 1. The molecule has 1 N–H and O–H groups in total. The van der Waals surface area contributed by atoms with Gasteiger partial charge in [0.15, 0.2) is 0 Å². The lowest BCUT2D eigenvalue weighted by molar-refractivity contribution is 0.0935. The molecule has 3 rings (SSSR count). The van der Waals surface area contributed by atoms with Gasteiger partial charge >= 0.3 is 0 Å². The molecular weight excluding hydrogens is 376 g/mol. The average molecular weight is 403 g/mol. The van der Waals surface area contributed by atoms with Crippen molar-refractivity contribution in [2.75, 3.05) is 20.2 Å². The molecule has 0 aromatic heterocycles. The van der Waals surface area contributed by atoms with Crippen LogP contribution in [0.5, 0.6) is 5.75 Å². The molecule has 2 aromatic rings. The van der Waals surface area contributed by atoms with Gasteiger partial charge in [-0.25, -0.2) is 8.42 Å². The van der Waals surface area contributed by atoms with Crippen LogP contribution in [0.2, 0.25) is 0 Å². The maximum atomic E-state index is 12.8. The van der Waals surface area contributed by atoms with E-state index in [-0.39, 0.29) is 16.8 Å². The van der Waals surface area contributed by atoms with Crippen LogP contribution in [-0.4, -0.2) is 38.8 Å². The summed E-state index contributed by atoms with van der Waals surface area (Å²) in [6.45, 7) is 3.06. The van der Waals surface area contributed by atoms with E-state index in [9.17, 15) is 13.2 Å². The molecule has 1 amide bonds. The standard InChI is InChI=1S/C21H26N2O4S/c1-3-20(16-9-11-18(27-2)12-10-16)22-21(24)17-7-6-8-19(15-17)28(25,26)23-13-4-5-14-23/h6-12,15,20H,3-5,13-14H2,1-2H3,(H,22,24). The fraction of sp³-hybridized carbons (Fsp3) is 0.381. The van der Waals surface area contributed by atoms with Crippen molar-refractivity contribution in [3.05, 3.63) is 59.7 Å². The van der Waals surface area contributed by atoms with Gasteiger partial charge in [-0.1, -0.05) is 25.1 Å². The van der Waals surface area contributed by atoms with E-state index in [2.05, 4.69) is 5.32 Å². The lowest BCUT2D eigenvalue weighted by Crippen LogP contribution is -2.30. The van der Waals surface area contributed by atoms with Crippen LogP contribution in [0.1, 0.15) is 48.1 Å². The molecule has 0 radical (unpaired) electrons. The smallest absolute Gasteiger partial charge is 0.251 e. The maximum absolute atomic E-state index is 12.8. The number of amides is 1. The highest BCUT2D eigenvalue weighted by Gasteiger charge is 2.27. The minimum atomic E-state index is -3.55. The van der Waals surface area contributed by atoms with E-state index >= 15 is 0 Å². The van der Waals surface area contributed by atoms with Crippen LogP contribution in [0.4, 0.5) is 0 Å². The normalized spacial score (nSPS) is 15.9. The number of methoxy groups -OCH3 is 1. The van der Waals surface area contributed by atoms with Crippen LogP contribution in [0.25, 0.3) is 0 Å². The summed E-state index contributed by atoms with van der Waals surface area (Å²) in [5, 5.41) is 3.00. The summed E-state index contributed by atoms with van der Waals surface area (Å²) in [4.78, 5) is 12.9. The van der Waals surface area contributed by atoms with Crippen molar-refractivity contribution >= 4 is 15.9 Å². The third-order valence-corrected chi connectivity index (χ3v) is 6.93. The zero-order chi connectivity index (χ0) is 20.1. The van der Waals surface area contributed by atoms with Gasteiger partial charge < -0.3 is 10.1 Å². The second kappa shape index (κ2) is 8.75. The summed E-state index contributed by atoms with van der Waals surface area (Å²) in [5.74, 6) is 0.464. The van der Waals surface area contributed by atoms with Gasteiger partial charge in [0.25, 0.3) is 5.91 Å². The summed E-state index contributed by atoms with van der Waals surface area (Å²) in [6.07, 6.45) is 2.46. The molecule has 1 heterocycles. The third-order valence-electron chi connectivity index (χ3n) is 5.03. The van der Waals surface area contributed by atoms with Crippen LogP contribution in [0, 0.1) is 0 Å². The molecule has 7 heteroatoms. The molecule has 150 valence electrons. The SMILES string of the molecule is CCC(NC(=O)c1cccc(S(=O)(=O)N2CCCC2)c1)c1ccc(OC)cc1. The Morgan fingerprint density at radius 3 is 2.43 bits per heavy atom. The topological polar surface area (TPSA) is 75.7 Å². The Hall–Kier alpha value is -2.38. The Balaban J connectivity index is 1.78. The van der Waals surface area contributed by atoms with Crippen molar-refractivity contribution in [3.63, 3.8) is 0 Å². The Bertz CT molecular complexity index is 920. The molecule has 1 aliphatic rings. The number of sulfonamides is 1. The van der Waals surface area contributed by atoms with Gasteiger partial charge in [0.1, 0.15) is 5.75 Å². The lowest BCUT2D eigenvalue weighted by Gasteiger charge is -2.19. The van der Waals surface area contributed by atoms with Gasteiger partial charge in [-0.05, 0) is 55.2 Å². The van der Waals surface area contributed by atoms with E-state index in [1.165, 1.54) is 10.4 Å². The second-order valence-electron chi connectivity index (χ2n) is 6.85. The van der Waals surface area contributed by atoms with Gasteiger partial charge in [0, 0.05) is 18.7 Å². The predicted molar refractivity (Wildman–Crippen MR) is 108 cm³/mol. The molecule has 1 unspecified atom stereocenters. The Morgan fingerprint density at radius 1 is 1.14 bits per heavy atom. The molecule has 0 aliphatic carbocycles. The quantitative estimate of drug-likeness (QED) is 0.771. The summed E-state index contributed by atoms with van der Waals surface area (Å²) in [6, 6.07) is 13.6. The number of nitrogens with one attached hydrogen (secondary N) is 1. The number of rotatable bonds is 7. The molecule has 1 atom stereocenters. The van der Waals surface area contributed by atoms with Crippen LogP contribution in [0.3, 0.4) is 0 Å². The van der Waals surface area contributed by atoms with Crippen molar-refractivity contribution in [3.8, 4) is 5.75 Å². The first-order valence-corrected chi connectivity index (χ1v) is 10.9. The highest BCUT2D eigenvalue weighted by Crippen LogP contribution is 2.23. The highest BCUT2D eigenvalue weighted by molar-refractivity contribution is 7.89. The van der Waals surface area contributed by atoms with Gasteiger partial charge in [-0.15, -0.1) is 0 Å². The Morgan fingerprint density at radius 2 is 1.82 bits per heavy atom. The monoisotopic (exact) mass is 402 g/mol. The number of carbonyl (C=O) groups excluding carboxylic acids is 1. The number of carbonyl (C=O) groups is 1. The van der Waals surface area contributed by atoms with Gasteiger partial charge in [-0.3, -0.25) is 4.79 Å². The minimum Gasteiger partial charge on any atom is -0.497 e. The predicted octanol–water partition coefficient (Wildman–Crippen LogP) is 3.36. The first-order valence-electron chi connectivity index (χ1n) is 9.50. The fourth-order valence-corrected chi connectivity index (χ4v) is 4.94. The van der Waals surface area contributed by atoms with E-state index in [1.807, 2.05) is 31.2 Å². The fourth-order valence-electron chi connectivity index (χ4n) is 3.37. The molecule has 0 spiro atoms. The van der Waals surface area contributed by atoms with Gasteiger partial charge in [0.05, 0.1) is 18.0 Å². The minimum absolute atomic E-state index is 0.166. The molecular formula is C21H26N2O4S. The number of ether oxygens (including phenoxy) is 1. The Labute approximate surface area is 166 Å². The molecule has 0 saturated carbocycles. The molecule has 6 nitrogen and oxygen atoms in total. The van der Waals surface area contributed by atoms with E-state index in [0.717, 1.165) is 24.2 Å². The number of hydrogen-bond donors (Lipinski definition) is 1. The van der Waals surface area contributed by atoms with Crippen LogP contribution >= 0.6 is 0 Å².